The second-order valence-corrected chi connectivity index (χ2v) is 9.52. The number of rotatable bonds is 8. The first kappa shape index (κ1) is 22.2. The van der Waals surface area contributed by atoms with Crippen LogP contribution in [0.25, 0.3) is 0 Å². The van der Waals surface area contributed by atoms with E-state index in [0.29, 0.717) is 6.42 Å². The van der Waals surface area contributed by atoms with Gasteiger partial charge in [-0.25, -0.2) is 0 Å². The number of hydrogen-bond donors (Lipinski definition) is 1. The van der Waals surface area contributed by atoms with E-state index in [1.165, 1.54) is 4.46 Å². The molecule has 3 aromatic rings. The second kappa shape index (κ2) is 11.1. The van der Waals surface area contributed by atoms with Crippen molar-refractivity contribution in [1.29, 1.82) is 0 Å². The number of aromatic nitrogens is 1. The van der Waals surface area contributed by atoms with E-state index in [-0.39, 0.29) is 27.3 Å². The first-order valence-corrected chi connectivity index (χ1v) is 12.0. The van der Waals surface area contributed by atoms with Crippen LogP contribution in [-0.4, -0.2) is 44.5 Å². The zero-order valence-electron chi connectivity index (χ0n) is 16.4. The number of benzene rings is 2. The number of nitrogens with zero attached hydrogens (tertiary/aromatic N) is 1. The molecule has 0 aliphatic rings. The summed E-state index contributed by atoms with van der Waals surface area (Å²) in [7, 11) is 0. The summed E-state index contributed by atoms with van der Waals surface area (Å²) >= 11 is 3.68. The summed E-state index contributed by atoms with van der Waals surface area (Å²) in [5.74, 6) is -0.869. The summed E-state index contributed by atoms with van der Waals surface area (Å²) in [6.07, 6.45) is 1.87. The molecule has 3 rings (SSSR count). The molecule has 0 spiro atoms. The van der Waals surface area contributed by atoms with Crippen LogP contribution in [0.3, 0.4) is 0 Å². The minimum atomic E-state index is -0.816. The van der Waals surface area contributed by atoms with Crippen molar-refractivity contribution in [2.24, 2.45) is 0 Å². The van der Waals surface area contributed by atoms with Gasteiger partial charge >= 0.3 is 191 Å². The van der Waals surface area contributed by atoms with E-state index in [0.717, 1.165) is 14.5 Å². The van der Waals surface area contributed by atoms with Gasteiger partial charge in [0.1, 0.15) is 0 Å². The topological polar surface area (TPSA) is 68.3 Å². The molecule has 5 nitrogen and oxygen atoms in total. The number of halogens is 1. The third-order valence-electron chi connectivity index (χ3n) is 4.23. The third kappa shape index (κ3) is 6.02. The zero-order valence-corrected chi connectivity index (χ0v) is 19.7. The number of carbonyl (C=O) groups is 2. The van der Waals surface area contributed by atoms with Gasteiger partial charge in [0.25, 0.3) is 0 Å². The van der Waals surface area contributed by atoms with Crippen molar-refractivity contribution in [2.75, 3.05) is 6.61 Å². The first-order chi connectivity index (χ1) is 14.6. The molecule has 1 unspecified atom stereocenters. The van der Waals surface area contributed by atoms with Crippen LogP contribution in [0, 0.1) is 0 Å². The van der Waals surface area contributed by atoms with Gasteiger partial charge in [0.2, 0.25) is 0 Å². The Hall–Kier alpha value is -2.47. The number of esters is 1. The van der Waals surface area contributed by atoms with Gasteiger partial charge in [-0.2, -0.15) is 0 Å². The first-order valence-electron chi connectivity index (χ1n) is 9.47. The van der Waals surface area contributed by atoms with Crippen LogP contribution in [0.2, 0.25) is 0 Å². The van der Waals surface area contributed by atoms with Crippen molar-refractivity contribution in [3.05, 3.63) is 88.7 Å². The molecule has 0 aliphatic carbocycles. The van der Waals surface area contributed by atoms with Crippen LogP contribution in [0.4, 0.5) is 0 Å². The van der Waals surface area contributed by atoms with Crippen molar-refractivity contribution in [3.8, 4) is 0 Å². The Bertz CT molecular complexity index is 1000. The van der Waals surface area contributed by atoms with E-state index in [1.54, 1.807) is 31.3 Å². The molecule has 2 aromatic carbocycles. The molecule has 1 atom stereocenters. The van der Waals surface area contributed by atoms with Crippen LogP contribution in [0.15, 0.2) is 77.4 Å². The van der Waals surface area contributed by atoms with Crippen molar-refractivity contribution in [3.63, 3.8) is 0 Å². The number of hydrogen-bond acceptors (Lipinski definition) is 4. The maximum atomic E-state index is 12.6. The van der Waals surface area contributed by atoms with Crippen LogP contribution in [0.5, 0.6) is 0 Å². The maximum absolute atomic E-state index is 12.6. The van der Waals surface area contributed by atoms with Gasteiger partial charge in [0.15, 0.2) is 0 Å². The molecule has 30 heavy (non-hydrogen) atoms. The Labute approximate surface area is 190 Å². The number of carbonyl (C=O) groups excluding carboxylic acids is 2. The van der Waals surface area contributed by atoms with E-state index in [9.17, 15) is 9.59 Å². The summed E-state index contributed by atoms with van der Waals surface area (Å²) in [5, 5.41) is 2.79. The van der Waals surface area contributed by atoms with Crippen LogP contribution < -0.4 is 14.2 Å². The Morgan fingerprint density at radius 3 is 2.53 bits per heavy atom. The number of ether oxygens (including phenoxy) is 1. The predicted octanol–water partition coefficient (Wildman–Crippen LogP) is 2.40. The molecular formula is C23H21BrN2O3Se. The Balaban J connectivity index is 1.86. The molecular weight excluding hydrogens is 511 g/mol. The summed E-state index contributed by atoms with van der Waals surface area (Å²) in [6, 6.07) is 20.5. The van der Waals surface area contributed by atoms with E-state index in [4.69, 9.17) is 4.74 Å². The van der Waals surface area contributed by atoms with Crippen molar-refractivity contribution >= 4 is 51.7 Å². The number of nitrogens with one attached hydrogen (secondary N) is 1. The summed E-state index contributed by atoms with van der Waals surface area (Å²) in [6.45, 7) is 1.99. The average Bonchev–Trinajstić information content (AvgIpc) is 2.76. The van der Waals surface area contributed by atoms with Gasteiger partial charge in [0, 0.05) is 0 Å². The monoisotopic (exact) mass is 532 g/mol. The summed E-state index contributed by atoms with van der Waals surface area (Å²) in [5.41, 5.74) is 1.24. The van der Waals surface area contributed by atoms with Gasteiger partial charge in [-0.1, -0.05) is 0 Å². The molecule has 0 bridgehead atoms. The molecule has 1 N–H and O–H groups in total. The zero-order chi connectivity index (χ0) is 21.3. The fourth-order valence-corrected chi connectivity index (χ4v) is 5.76. The molecule has 0 radical (unpaired) electrons. The summed E-state index contributed by atoms with van der Waals surface area (Å²) in [4.78, 5) is 29.3. The standard InChI is InChI=1S/C23H21BrN2O3Se/c1-2-29-23(28)20(26-22(27)19-12-6-7-14-25-19)15-17-18(24)11-8-13-21(17)30-16-9-4-3-5-10-16/h3-14,20H,2,15H2,1H3,(H,26,27). The van der Waals surface area contributed by atoms with Gasteiger partial charge in [-0.15, -0.1) is 0 Å². The predicted molar refractivity (Wildman–Crippen MR) is 121 cm³/mol. The molecule has 0 aliphatic heterocycles. The van der Waals surface area contributed by atoms with Crippen molar-refractivity contribution in [2.45, 2.75) is 19.4 Å². The van der Waals surface area contributed by atoms with Crippen LogP contribution >= 0.6 is 15.9 Å². The van der Waals surface area contributed by atoms with E-state index in [1.807, 2.05) is 30.3 Å². The molecule has 0 saturated carbocycles. The minimum absolute atomic E-state index is 0.0601. The molecule has 0 saturated heterocycles. The van der Waals surface area contributed by atoms with Crippen LogP contribution in [0.1, 0.15) is 23.0 Å². The van der Waals surface area contributed by atoms with Gasteiger partial charge in [0.05, 0.1) is 0 Å². The summed E-state index contributed by atoms with van der Waals surface area (Å²) < 4.78 is 8.50. The van der Waals surface area contributed by atoms with Gasteiger partial charge in [-0.05, 0) is 0 Å². The quantitative estimate of drug-likeness (QED) is 0.358. The fraction of sp³-hybridized carbons (Fsp3) is 0.174. The van der Waals surface area contributed by atoms with Crippen molar-refractivity contribution in [1.82, 2.24) is 10.3 Å². The molecule has 1 heterocycles. The SMILES string of the molecule is CCOC(=O)C(Cc1c(Br)cccc1[Se]c1ccccc1)NC(=O)c1ccccn1. The van der Waals surface area contributed by atoms with E-state index < -0.39 is 17.9 Å². The number of pyridine rings is 1. The average molecular weight is 532 g/mol. The second-order valence-electron chi connectivity index (χ2n) is 6.33. The van der Waals surface area contributed by atoms with Gasteiger partial charge < -0.3 is 0 Å². The van der Waals surface area contributed by atoms with Crippen LogP contribution in [-0.2, 0) is 16.0 Å². The molecule has 1 amide bonds. The Morgan fingerprint density at radius 1 is 1.07 bits per heavy atom. The van der Waals surface area contributed by atoms with Gasteiger partial charge in [-0.3, -0.25) is 0 Å². The number of amides is 1. The third-order valence-corrected chi connectivity index (χ3v) is 7.30. The molecule has 0 fully saturated rings. The van der Waals surface area contributed by atoms with Crippen molar-refractivity contribution < 1.29 is 14.3 Å². The Morgan fingerprint density at radius 2 is 1.83 bits per heavy atom. The molecule has 7 heteroatoms. The molecule has 154 valence electrons. The van der Waals surface area contributed by atoms with E-state index >= 15 is 0 Å². The Kier molecular flexibility index (Phi) is 8.20. The van der Waals surface area contributed by atoms with E-state index in [2.05, 4.69) is 44.4 Å². The normalized spacial score (nSPS) is 11.5. The molecule has 1 aromatic heterocycles. The fourth-order valence-electron chi connectivity index (χ4n) is 2.82.